The quantitative estimate of drug-likeness (QED) is 0.713. The van der Waals surface area contributed by atoms with Crippen LogP contribution in [0, 0.1) is 13.8 Å². The molecule has 1 aromatic heterocycles. The fourth-order valence-corrected chi connectivity index (χ4v) is 3.03. The fraction of sp³-hybridized carbons (Fsp3) is 0.150. The summed E-state index contributed by atoms with van der Waals surface area (Å²) in [6, 6.07) is 8.33. The Balaban J connectivity index is 2.13. The van der Waals surface area contributed by atoms with E-state index in [1.165, 1.54) is 19.2 Å². The van der Waals surface area contributed by atoms with E-state index in [0.717, 1.165) is 5.69 Å². The molecule has 132 valence electrons. The molecule has 1 heterocycles. The maximum Gasteiger partial charge on any atom is 0.335 e. The van der Waals surface area contributed by atoms with Gasteiger partial charge in [-0.3, -0.25) is 4.79 Å². The monoisotopic (exact) mass is 350 g/mol. The van der Waals surface area contributed by atoms with Crippen molar-refractivity contribution < 1.29 is 19.4 Å². The Kier molecular flexibility index (Phi) is 4.58. The van der Waals surface area contributed by atoms with Crippen LogP contribution in [0.3, 0.4) is 0 Å². The lowest BCUT2D eigenvalue weighted by Crippen LogP contribution is -2.11. The molecule has 0 amide bonds. The molecule has 0 aliphatic heterocycles. The first-order chi connectivity index (χ1) is 12.4. The predicted octanol–water partition coefficient (Wildman–Crippen LogP) is 3.43. The molecule has 0 aliphatic carbocycles. The number of ketones is 1. The van der Waals surface area contributed by atoms with Gasteiger partial charge in [-0.25, -0.2) is 9.78 Å². The largest absolute Gasteiger partial charge is 0.496 e. The average molecular weight is 350 g/mol. The number of hydrogen-bond acceptors (Lipinski definition) is 4. The summed E-state index contributed by atoms with van der Waals surface area (Å²) in [6.07, 6.45) is 5.09. The maximum atomic E-state index is 13.2. The second-order valence-corrected chi connectivity index (χ2v) is 5.97. The zero-order valence-corrected chi connectivity index (χ0v) is 14.7. The summed E-state index contributed by atoms with van der Waals surface area (Å²) in [4.78, 5) is 28.5. The van der Waals surface area contributed by atoms with Crippen LogP contribution in [-0.2, 0) is 0 Å². The fourth-order valence-electron chi connectivity index (χ4n) is 3.03. The van der Waals surface area contributed by atoms with E-state index in [2.05, 4.69) is 4.98 Å². The number of carbonyl (C=O) groups excluding carboxylic acids is 1. The summed E-state index contributed by atoms with van der Waals surface area (Å²) in [6.45, 7) is 3.47. The van der Waals surface area contributed by atoms with Crippen molar-refractivity contribution >= 4 is 11.8 Å². The highest BCUT2D eigenvalue weighted by Gasteiger charge is 2.21. The van der Waals surface area contributed by atoms with Crippen LogP contribution in [0.15, 0.2) is 49.1 Å². The summed E-state index contributed by atoms with van der Waals surface area (Å²) >= 11 is 0. The maximum absolute atomic E-state index is 13.2. The van der Waals surface area contributed by atoms with Crippen molar-refractivity contribution in [2.24, 2.45) is 0 Å². The molecule has 1 N–H and O–H groups in total. The minimum absolute atomic E-state index is 0.163. The van der Waals surface area contributed by atoms with Gasteiger partial charge in [0.05, 0.1) is 24.6 Å². The number of aromatic carboxylic acids is 1. The van der Waals surface area contributed by atoms with E-state index >= 15 is 0 Å². The van der Waals surface area contributed by atoms with Crippen LogP contribution < -0.4 is 4.74 Å². The van der Waals surface area contributed by atoms with Crippen LogP contribution in [0.2, 0.25) is 0 Å². The highest BCUT2D eigenvalue weighted by molar-refractivity contribution is 6.13. The van der Waals surface area contributed by atoms with Crippen molar-refractivity contribution in [1.29, 1.82) is 0 Å². The lowest BCUT2D eigenvalue weighted by atomic mass is 9.92. The molecular weight excluding hydrogens is 332 g/mol. The molecule has 3 rings (SSSR count). The summed E-state index contributed by atoms with van der Waals surface area (Å²) in [5.74, 6) is -0.773. The summed E-state index contributed by atoms with van der Waals surface area (Å²) in [7, 11) is 1.51. The van der Waals surface area contributed by atoms with Gasteiger partial charge in [0.25, 0.3) is 0 Å². The van der Waals surface area contributed by atoms with Crippen molar-refractivity contribution in [3.05, 3.63) is 76.9 Å². The molecule has 0 spiro atoms. The molecule has 0 radical (unpaired) electrons. The van der Waals surface area contributed by atoms with Crippen molar-refractivity contribution in [3.8, 4) is 11.4 Å². The van der Waals surface area contributed by atoms with E-state index in [9.17, 15) is 14.7 Å². The third kappa shape index (κ3) is 3.09. The lowest BCUT2D eigenvalue weighted by Gasteiger charge is -2.14. The number of hydrogen-bond donors (Lipinski definition) is 1. The van der Waals surface area contributed by atoms with Gasteiger partial charge in [-0.1, -0.05) is 0 Å². The van der Waals surface area contributed by atoms with Gasteiger partial charge in [0.2, 0.25) is 0 Å². The van der Waals surface area contributed by atoms with E-state index in [-0.39, 0.29) is 11.3 Å². The molecule has 0 fully saturated rings. The SMILES string of the molecule is COc1ccc(-n2ccnc2)cc1C(=O)c1c(C)cc(C(=O)O)cc1C. The molecule has 2 aromatic carbocycles. The average Bonchev–Trinajstić information content (AvgIpc) is 3.15. The molecule has 0 unspecified atom stereocenters. The minimum Gasteiger partial charge on any atom is -0.496 e. The van der Waals surface area contributed by atoms with Crippen LogP contribution in [0.25, 0.3) is 5.69 Å². The first-order valence-electron chi connectivity index (χ1n) is 7.98. The molecule has 26 heavy (non-hydrogen) atoms. The molecule has 3 aromatic rings. The third-order valence-corrected chi connectivity index (χ3v) is 4.24. The van der Waals surface area contributed by atoms with Gasteiger partial charge in [0.1, 0.15) is 5.75 Å². The van der Waals surface area contributed by atoms with Crippen LogP contribution in [0.1, 0.15) is 37.4 Å². The first-order valence-corrected chi connectivity index (χ1v) is 7.98. The Morgan fingerprint density at radius 3 is 2.35 bits per heavy atom. The summed E-state index contributed by atoms with van der Waals surface area (Å²) in [5, 5.41) is 9.19. The van der Waals surface area contributed by atoms with Crippen molar-refractivity contribution in [2.75, 3.05) is 7.11 Å². The lowest BCUT2D eigenvalue weighted by molar-refractivity contribution is 0.0696. The third-order valence-electron chi connectivity index (χ3n) is 4.24. The van der Waals surface area contributed by atoms with E-state index < -0.39 is 5.97 Å². The Hall–Kier alpha value is -3.41. The van der Waals surface area contributed by atoms with Crippen molar-refractivity contribution in [2.45, 2.75) is 13.8 Å². The zero-order valence-electron chi connectivity index (χ0n) is 14.7. The van der Waals surface area contributed by atoms with Crippen LogP contribution in [0.4, 0.5) is 0 Å². The minimum atomic E-state index is -1.02. The summed E-state index contributed by atoms with van der Waals surface area (Å²) < 4.78 is 7.16. The number of aryl methyl sites for hydroxylation is 2. The number of carboxylic acid groups (broad SMARTS) is 1. The van der Waals surface area contributed by atoms with Crippen molar-refractivity contribution in [1.82, 2.24) is 9.55 Å². The van der Waals surface area contributed by atoms with E-state index in [1.807, 2.05) is 6.07 Å². The van der Waals surface area contributed by atoms with Gasteiger partial charge in [0, 0.05) is 23.6 Å². The molecule has 0 bridgehead atoms. The standard InChI is InChI=1S/C20H18N2O4/c1-12-8-14(20(24)25)9-13(2)18(12)19(23)16-10-15(4-5-17(16)26-3)22-7-6-21-11-22/h4-11H,1-3H3,(H,24,25). The Morgan fingerprint density at radius 1 is 1.12 bits per heavy atom. The number of methoxy groups -OCH3 is 1. The molecular formula is C20H18N2O4. The van der Waals surface area contributed by atoms with E-state index in [1.54, 1.807) is 49.3 Å². The van der Waals surface area contributed by atoms with Gasteiger partial charge in [-0.15, -0.1) is 0 Å². The van der Waals surface area contributed by atoms with Crippen LogP contribution >= 0.6 is 0 Å². The molecule has 0 aliphatic rings. The second-order valence-electron chi connectivity index (χ2n) is 5.97. The Labute approximate surface area is 150 Å². The number of benzene rings is 2. The molecule has 0 atom stereocenters. The number of carboxylic acids is 1. The molecule has 6 nitrogen and oxygen atoms in total. The number of aromatic nitrogens is 2. The zero-order chi connectivity index (χ0) is 18.8. The highest BCUT2D eigenvalue weighted by atomic mass is 16.5. The second kappa shape index (κ2) is 6.84. The first kappa shape index (κ1) is 17.4. The Morgan fingerprint density at radius 2 is 1.81 bits per heavy atom. The highest BCUT2D eigenvalue weighted by Crippen LogP contribution is 2.28. The molecule has 0 saturated carbocycles. The number of rotatable bonds is 5. The number of nitrogens with zero attached hydrogens (tertiary/aromatic N) is 2. The van der Waals surface area contributed by atoms with E-state index in [0.29, 0.717) is 28.0 Å². The number of imidazole rings is 1. The van der Waals surface area contributed by atoms with Gasteiger partial charge in [0.15, 0.2) is 5.78 Å². The van der Waals surface area contributed by atoms with Crippen LogP contribution in [-0.4, -0.2) is 33.5 Å². The number of carbonyl (C=O) groups is 2. The van der Waals surface area contributed by atoms with Gasteiger partial charge in [-0.2, -0.15) is 0 Å². The van der Waals surface area contributed by atoms with E-state index in [4.69, 9.17) is 4.74 Å². The summed E-state index contributed by atoms with van der Waals surface area (Å²) in [5.41, 5.74) is 3.06. The smallest absolute Gasteiger partial charge is 0.335 e. The van der Waals surface area contributed by atoms with Crippen LogP contribution in [0.5, 0.6) is 5.75 Å². The topological polar surface area (TPSA) is 81.4 Å². The Bertz CT molecular complexity index is 968. The van der Waals surface area contributed by atoms with Gasteiger partial charge in [-0.05, 0) is 55.3 Å². The number of ether oxygens (including phenoxy) is 1. The van der Waals surface area contributed by atoms with Gasteiger partial charge >= 0.3 is 5.97 Å². The van der Waals surface area contributed by atoms with Gasteiger partial charge < -0.3 is 14.4 Å². The van der Waals surface area contributed by atoms with Crippen molar-refractivity contribution in [3.63, 3.8) is 0 Å². The molecule has 6 heteroatoms. The molecule has 0 saturated heterocycles. The normalized spacial score (nSPS) is 10.6. The predicted molar refractivity (Wildman–Crippen MR) is 96.4 cm³/mol.